The third kappa shape index (κ3) is 6.32. The highest BCUT2D eigenvalue weighted by molar-refractivity contribution is 5.86. The highest BCUT2D eigenvalue weighted by atomic mass is 19.4. The van der Waals surface area contributed by atoms with E-state index in [2.05, 4.69) is 11.6 Å². The second-order valence-electron chi connectivity index (χ2n) is 5.47. The lowest BCUT2D eigenvalue weighted by molar-refractivity contribution is -0.141. The van der Waals surface area contributed by atoms with Gasteiger partial charge in [-0.2, -0.15) is 13.2 Å². The summed E-state index contributed by atoms with van der Waals surface area (Å²) in [5.74, 6) is -0.103. The van der Waals surface area contributed by atoms with E-state index < -0.39 is 17.7 Å². The zero-order valence-electron chi connectivity index (χ0n) is 14.6. The fourth-order valence-corrected chi connectivity index (χ4v) is 1.88. The van der Waals surface area contributed by atoms with Crippen molar-refractivity contribution in [2.75, 3.05) is 6.61 Å². The maximum Gasteiger partial charge on any atom is 0.417 e. The standard InChI is InChI=1S/C19H18F3NO4/c1-3-4-11-25-18(24)13(2)26-15-6-8-16(9-7-15)27-17-10-5-14(12-23-17)19(20,21)22/h5-10,12H,2-4,11H2,1H3. The topological polar surface area (TPSA) is 57.7 Å². The van der Waals surface area contributed by atoms with E-state index in [1.165, 1.54) is 24.3 Å². The van der Waals surface area contributed by atoms with Crippen LogP contribution in [0.25, 0.3) is 0 Å². The summed E-state index contributed by atoms with van der Waals surface area (Å²) >= 11 is 0. The quantitative estimate of drug-likeness (QED) is 0.275. The second-order valence-corrected chi connectivity index (χ2v) is 5.47. The summed E-state index contributed by atoms with van der Waals surface area (Å²) in [7, 11) is 0. The maximum atomic E-state index is 12.5. The first-order valence-corrected chi connectivity index (χ1v) is 8.14. The lowest BCUT2D eigenvalue weighted by Gasteiger charge is -2.10. The van der Waals surface area contributed by atoms with Crippen molar-refractivity contribution in [3.8, 4) is 17.4 Å². The average Bonchev–Trinajstić information content (AvgIpc) is 2.63. The van der Waals surface area contributed by atoms with E-state index in [-0.39, 0.29) is 11.6 Å². The van der Waals surface area contributed by atoms with E-state index in [9.17, 15) is 18.0 Å². The molecule has 0 amide bonds. The fourth-order valence-electron chi connectivity index (χ4n) is 1.88. The highest BCUT2D eigenvalue weighted by Gasteiger charge is 2.30. The van der Waals surface area contributed by atoms with Gasteiger partial charge in [-0.3, -0.25) is 0 Å². The number of pyridine rings is 1. The first-order valence-electron chi connectivity index (χ1n) is 8.14. The molecule has 1 aromatic carbocycles. The van der Waals surface area contributed by atoms with Gasteiger partial charge in [0, 0.05) is 12.3 Å². The summed E-state index contributed by atoms with van der Waals surface area (Å²) in [5.41, 5.74) is -0.858. The minimum Gasteiger partial charge on any atom is -0.460 e. The summed E-state index contributed by atoms with van der Waals surface area (Å²) in [6.45, 7) is 5.79. The number of ether oxygens (including phenoxy) is 3. The van der Waals surface area contributed by atoms with Crippen molar-refractivity contribution in [1.29, 1.82) is 0 Å². The smallest absolute Gasteiger partial charge is 0.417 e. The van der Waals surface area contributed by atoms with Crippen molar-refractivity contribution in [1.82, 2.24) is 4.98 Å². The molecule has 0 saturated heterocycles. The Hall–Kier alpha value is -3.03. The third-order valence-electron chi connectivity index (χ3n) is 3.31. The van der Waals surface area contributed by atoms with Crippen LogP contribution in [-0.4, -0.2) is 17.6 Å². The lowest BCUT2D eigenvalue weighted by Crippen LogP contribution is -2.12. The Balaban J connectivity index is 1.91. The predicted molar refractivity (Wildman–Crippen MR) is 91.4 cm³/mol. The van der Waals surface area contributed by atoms with E-state index >= 15 is 0 Å². The summed E-state index contributed by atoms with van der Waals surface area (Å²) in [4.78, 5) is 15.3. The van der Waals surface area contributed by atoms with E-state index in [4.69, 9.17) is 14.2 Å². The number of unbranched alkanes of at least 4 members (excludes halogenated alkanes) is 1. The molecule has 0 aliphatic carbocycles. The van der Waals surface area contributed by atoms with Gasteiger partial charge in [-0.1, -0.05) is 13.3 Å². The van der Waals surface area contributed by atoms with Crippen LogP contribution < -0.4 is 9.47 Å². The molecule has 8 heteroatoms. The molecular formula is C19H18F3NO4. The first kappa shape index (κ1) is 20.3. The Bertz CT molecular complexity index is 771. The minimum atomic E-state index is -4.45. The van der Waals surface area contributed by atoms with E-state index in [1.54, 1.807) is 0 Å². The maximum absolute atomic E-state index is 12.5. The Morgan fingerprint density at radius 2 is 1.78 bits per heavy atom. The number of esters is 1. The largest absolute Gasteiger partial charge is 0.460 e. The number of carbonyl (C=O) groups is 1. The Morgan fingerprint density at radius 3 is 2.33 bits per heavy atom. The van der Waals surface area contributed by atoms with Gasteiger partial charge in [0.25, 0.3) is 0 Å². The Morgan fingerprint density at radius 1 is 1.11 bits per heavy atom. The van der Waals surface area contributed by atoms with Gasteiger partial charge in [0.15, 0.2) is 0 Å². The normalized spacial score (nSPS) is 11.0. The zero-order chi connectivity index (χ0) is 19.9. The van der Waals surface area contributed by atoms with Crippen LogP contribution in [0.1, 0.15) is 25.3 Å². The predicted octanol–water partition coefficient (Wildman–Crippen LogP) is 5.13. The van der Waals surface area contributed by atoms with Crippen LogP contribution in [0.2, 0.25) is 0 Å². The number of halogens is 3. The summed E-state index contributed by atoms with van der Waals surface area (Å²) in [5, 5.41) is 0. The molecule has 2 aromatic rings. The van der Waals surface area contributed by atoms with Crippen LogP contribution in [0.5, 0.6) is 17.4 Å². The first-order chi connectivity index (χ1) is 12.8. The number of aromatic nitrogens is 1. The molecule has 1 heterocycles. The third-order valence-corrected chi connectivity index (χ3v) is 3.31. The SMILES string of the molecule is C=C(Oc1ccc(Oc2ccc(C(F)(F)F)cn2)cc1)C(=O)OCCCC. The van der Waals surface area contributed by atoms with Gasteiger partial charge in [-0.25, -0.2) is 9.78 Å². The molecule has 0 spiro atoms. The van der Waals surface area contributed by atoms with Crippen LogP contribution in [0, 0.1) is 0 Å². The number of hydrogen-bond acceptors (Lipinski definition) is 5. The fraction of sp³-hybridized carbons (Fsp3) is 0.263. The molecule has 2 rings (SSSR count). The number of rotatable bonds is 8. The van der Waals surface area contributed by atoms with Gasteiger partial charge in [-0.15, -0.1) is 0 Å². The molecule has 27 heavy (non-hydrogen) atoms. The molecule has 1 aromatic heterocycles. The summed E-state index contributed by atoms with van der Waals surface area (Å²) in [6.07, 6.45) is -2.11. The molecule has 0 atom stereocenters. The lowest BCUT2D eigenvalue weighted by atomic mass is 10.3. The van der Waals surface area contributed by atoms with Crippen molar-refractivity contribution in [2.45, 2.75) is 25.9 Å². The molecule has 0 aliphatic rings. The molecule has 5 nitrogen and oxygen atoms in total. The van der Waals surface area contributed by atoms with Gasteiger partial charge in [0.1, 0.15) is 11.5 Å². The van der Waals surface area contributed by atoms with E-state index in [0.717, 1.165) is 25.0 Å². The molecule has 144 valence electrons. The number of nitrogens with zero attached hydrogens (tertiary/aromatic N) is 1. The van der Waals surface area contributed by atoms with Crippen molar-refractivity contribution in [2.24, 2.45) is 0 Å². The molecule has 0 bridgehead atoms. The Kier molecular flexibility index (Phi) is 6.81. The molecule has 0 radical (unpaired) electrons. The van der Waals surface area contributed by atoms with Crippen molar-refractivity contribution < 1.29 is 32.2 Å². The Labute approximate surface area is 154 Å². The summed E-state index contributed by atoms with van der Waals surface area (Å²) in [6, 6.07) is 8.08. The van der Waals surface area contributed by atoms with Gasteiger partial charge in [0.2, 0.25) is 11.6 Å². The minimum absolute atomic E-state index is 0.0144. The van der Waals surface area contributed by atoms with Gasteiger partial charge < -0.3 is 14.2 Å². The summed E-state index contributed by atoms with van der Waals surface area (Å²) < 4.78 is 53.2. The van der Waals surface area contributed by atoms with Crippen LogP contribution in [0.4, 0.5) is 13.2 Å². The number of carbonyl (C=O) groups excluding carboxylic acids is 1. The van der Waals surface area contributed by atoms with E-state index in [1.807, 2.05) is 6.92 Å². The molecule has 0 aliphatic heterocycles. The molecule has 0 fully saturated rings. The van der Waals surface area contributed by atoms with Gasteiger partial charge in [-0.05, 0) is 43.3 Å². The monoisotopic (exact) mass is 381 g/mol. The number of hydrogen-bond donors (Lipinski definition) is 0. The van der Waals surface area contributed by atoms with Crippen molar-refractivity contribution in [3.05, 3.63) is 60.5 Å². The average molecular weight is 381 g/mol. The zero-order valence-corrected chi connectivity index (χ0v) is 14.6. The molecular weight excluding hydrogens is 363 g/mol. The van der Waals surface area contributed by atoms with Crippen LogP contribution in [0.15, 0.2) is 54.9 Å². The molecule has 0 unspecified atom stereocenters. The van der Waals surface area contributed by atoms with Crippen molar-refractivity contribution in [3.63, 3.8) is 0 Å². The van der Waals surface area contributed by atoms with Gasteiger partial charge >= 0.3 is 12.1 Å². The van der Waals surface area contributed by atoms with Crippen LogP contribution in [-0.2, 0) is 15.7 Å². The van der Waals surface area contributed by atoms with Gasteiger partial charge in [0.05, 0.1) is 12.2 Å². The van der Waals surface area contributed by atoms with Crippen molar-refractivity contribution >= 4 is 5.97 Å². The number of benzene rings is 1. The van der Waals surface area contributed by atoms with Crippen LogP contribution >= 0.6 is 0 Å². The highest BCUT2D eigenvalue weighted by Crippen LogP contribution is 2.30. The second kappa shape index (κ2) is 9.07. The number of alkyl halides is 3. The van der Waals surface area contributed by atoms with Crippen LogP contribution in [0.3, 0.4) is 0 Å². The molecule has 0 N–H and O–H groups in total. The van der Waals surface area contributed by atoms with E-state index in [0.29, 0.717) is 24.3 Å². The molecule has 0 saturated carbocycles.